The van der Waals surface area contributed by atoms with Gasteiger partial charge in [0, 0.05) is 10.5 Å². The molecule has 1 N–H and O–H groups in total. The largest absolute Gasteiger partial charge is 0.359 e. The maximum absolute atomic E-state index is 4.58. The number of benzene rings is 1. The van der Waals surface area contributed by atoms with E-state index in [9.17, 15) is 0 Å². The molecule has 2 aromatic rings. The monoisotopic (exact) mass is 330 g/mol. The molecule has 5 heteroatoms. The molecule has 0 aliphatic carbocycles. The third-order valence-electron chi connectivity index (χ3n) is 2.48. The van der Waals surface area contributed by atoms with Crippen molar-refractivity contribution >= 4 is 54.4 Å². The predicted octanol–water partition coefficient (Wildman–Crippen LogP) is 4.61. The highest BCUT2D eigenvalue weighted by molar-refractivity contribution is 9.10. The van der Waals surface area contributed by atoms with Crippen molar-refractivity contribution in [2.45, 2.75) is 19.4 Å². The number of hydrogen-bond donors (Lipinski definition) is 1. The number of thioether (sulfide) groups is 1. The first kappa shape index (κ1) is 13.2. The summed E-state index contributed by atoms with van der Waals surface area (Å²) in [6.07, 6.45) is 3.31. The van der Waals surface area contributed by atoms with Crippen LogP contribution in [0.5, 0.6) is 0 Å². The molecule has 2 nitrogen and oxygen atoms in total. The molecule has 0 fully saturated rings. The van der Waals surface area contributed by atoms with Gasteiger partial charge in [0.05, 0.1) is 10.2 Å². The Balaban J connectivity index is 2.08. The standard InChI is InChI=1S/C12H15BrN2S2/c1-8(5-6-16-2)14-12-15-10-4-3-9(13)7-11(10)17-12/h3-4,7-8H,5-6H2,1-2H3,(H,14,15). The van der Waals surface area contributed by atoms with Gasteiger partial charge in [-0.2, -0.15) is 11.8 Å². The van der Waals surface area contributed by atoms with E-state index in [4.69, 9.17) is 0 Å². The van der Waals surface area contributed by atoms with Gasteiger partial charge in [0.25, 0.3) is 0 Å². The number of rotatable bonds is 5. The van der Waals surface area contributed by atoms with Crippen LogP contribution in [0.1, 0.15) is 13.3 Å². The zero-order valence-corrected chi connectivity index (χ0v) is 13.1. The summed E-state index contributed by atoms with van der Waals surface area (Å²) >= 11 is 7.08. The van der Waals surface area contributed by atoms with Gasteiger partial charge in [-0.1, -0.05) is 27.3 Å². The van der Waals surface area contributed by atoms with Gasteiger partial charge >= 0.3 is 0 Å². The molecule has 0 spiro atoms. The molecule has 1 heterocycles. The smallest absolute Gasteiger partial charge is 0.183 e. The first-order valence-electron chi connectivity index (χ1n) is 5.50. The van der Waals surface area contributed by atoms with E-state index in [1.165, 1.54) is 16.9 Å². The van der Waals surface area contributed by atoms with Gasteiger partial charge in [-0.15, -0.1) is 0 Å². The average molecular weight is 331 g/mol. The predicted molar refractivity (Wildman–Crippen MR) is 83.4 cm³/mol. The Morgan fingerprint density at radius 3 is 3.12 bits per heavy atom. The van der Waals surface area contributed by atoms with Crippen LogP contribution in [0.2, 0.25) is 0 Å². The number of fused-ring (bicyclic) bond motifs is 1. The Morgan fingerprint density at radius 2 is 2.35 bits per heavy atom. The maximum atomic E-state index is 4.58. The number of aromatic nitrogens is 1. The van der Waals surface area contributed by atoms with E-state index in [1.54, 1.807) is 11.3 Å². The minimum atomic E-state index is 0.478. The molecule has 1 aromatic heterocycles. The number of nitrogens with zero attached hydrogens (tertiary/aromatic N) is 1. The first-order chi connectivity index (χ1) is 8.19. The summed E-state index contributed by atoms with van der Waals surface area (Å²) in [7, 11) is 0. The molecule has 1 aromatic carbocycles. The summed E-state index contributed by atoms with van der Waals surface area (Å²) in [5, 5.41) is 4.48. The Labute approximate surface area is 118 Å². The molecule has 0 amide bonds. The molecule has 0 aliphatic heterocycles. The lowest BCUT2D eigenvalue weighted by molar-refractivity contribution is 0.771. The molecule has 2 rings (SSSR count). The van der Waals surface area contributed by atoms with Crippen molar-refractivity contribution in [2.24, 2.45) is 0 Å². The van der Waals surface area contributed by atoms with E-state index in [-0.39, 0.29) is 0 Å². The Kier molecular flexibility index (Phi) is 4.70. The third-order valence-corrected chi connectivity index (χ3v) is 4.56. The van der Waals surface area contributed by atoms with E-state index < -0.39 is 0 Å². The quantitative estimate of drug-likeness (QED) is 0.866. The fraction of sp³-hybridized carbons (Fsp3) is 0.417. The van der Waals surface area contributed by atoms with E-state index >= 15 is 0 Å². The van der Waals surface area contributed by atoms with Gasteiger partial charge in [-0.25, -0.2) is 4.98 Å². The molecular formula is C12H15BrN2S2. The molecule has 0 bridgehead atoms. The number of halogens is 1. The number of thiazole rings is 1. The number of anilines is 1. The van der Waals surface area contributed by atoms with Crippen LogP contribution in [0.25, 0.3) is 10.2 Å². The highest BCUT2D eigenvalue weighted by atomic mass is 79.9. The summed E-state index contributed by atoms with van der Waals surface area (Å²) in [6.45, 7) is 2.21. The number of nitrogens with one attached hydrogen (secondary N) is 1. The molecule has 0 saturated carbocycles. The molecule has 0 saturated heterocycles. The Hall–Kier alpha value is -0.260. The Morgan fingerprint density at radius 1 is 1.53 bits per heavy atom. The summed E-state index contributed by atoms with van der Waals surface area (Å²) in [5.74, 6) is 1.19. The van der Waals surface area contributed by atoms with Crippen molar-refractivity contribution in [1.29, 1.82) is 0 Å². The highest BCUT2D eigenvalue weighted by Crippen LogP contribution is 2.28. The van der Waals surface area contributed by atoms with Crippen molar-refractivity contribution < 1.29 is 0 Å². The van der Waals surface area contributed by atoms with E-state index in [2.05, 4.69) is 45.5 Å². The fourth-order valence-electron chi connectivity index (χ4n) is 1.54. The van der Waals surface area contributed by atoms with Crippen molar-refractivity contribution in [3.63, 3.8) is 0 Å². The highest BCUT2D eigenvalue weighted by Gasteiger charge is 2.07. The van der Waals surface area contributed by atoms with Gasteiger partial charge in [0.15, 0.2) is 5.13 Å². The van der Waals surface area contributed by atoms with Crippen LogP contribution in [0.15, 0.2) is 22.7 Å². The van der Waals surface area contributed by atoms with Gasteiger partial charge < -0.3 is 5.32 Å². The van der Waals surface area contributed by atoms with E-state index in [0.29, 0.717) is 6.04 Å². The normalized spacial score (nSPS) is 12.9. The maximum Gasteiger partial charge on any atom is 0.183 e. The SMILES string of the molecule is CSCCC(C)Nc1nc2ccc(Br)cc2s1. The van der Waals surface area contributed by atoms with Crippen LogP contribution in [-0.2, 0) is 0 Å². The summed E-state index contributed by atoms with van der Waals surface area (Å²) < 4.78 is 2.33. The van der Waals surface area contributed by atoms with Crippen molar-refractivity contribution in [1.82, 2.24) is 4.98 Å². The van der Waals surface area contributed by atoms with Gasteiger partial charge in [-0.05, 0) is 43.6 Å². The van der Waals surface area contributed by atoms with Crippen molar-refractivity contribution in [3.8, 4) is 0 Å². The van der Waals surface area contributed by atoms with Gasteiger partial charge in [0.2, 0.25) is 0 Å². The van der Waals surface area contributed by atoms with Crippen molar-refractivity contribution in [2.75, 3.05) is 17.3 Å². The molecule has 0 radical (unpaired) electrons. The van der Waals surface area contributed by atoms with Crippen LogP contribution in [0, 0.1) is 0 Å². The van der Waals surface area contributed by atoms with Crippen LogP contribution in [0.4, 0.5) is 5.13 Å². The second-order valence-corrected chi connectivity index (χ2v) is 6.89. The minimum Gasteiger partial charge on any atom is -0.359 e. The first-order valence-corrected chi connectivity index (χ1v) is 8.51. The zero-order chi connectivity index (χ0) is 12.3. The fourth-order valence-corrected chi connectivity index (χ4v) is 3.66. The number of hydrogen-bond acceptors (Lipinski definition) is 4. The second kappa shape index (κ2) is 6.07. The lowest BCUT2D eigenvalue weighted by atomic mass is 10.3. The summed E-state index contributed by atoms with van der Waals surface area (Å²) in [4.78, 5) is 4.58. The lowest BCUT2D eigenvalue weighted by Gasteiger charge is -2.11. The molecule has 1 atom stereocenters. The molecular weight excluding hydrogens is 316 g/mol. The second-order valence-electron chi connectivity index (χ2n) is 3.96. The molecule has 92 valence electrons. The average Bonchev–Trinajstić information content (AvgIpc) is 2.67. The summed E-state index contributed by atoms with van der Waals surface area (Å²) in [5.41, 5.74) is 1.07. The van der Waals surface area contributed by atoms with Crippen LogP contribution < -0.4 is 5.32 Å². The molecule has 1 unspecified atom stereocenters. The third kappa shape index (κ3) is 3.60. The molecule has 0 aliphatic rings. The van der Waals surface area contributed by atoms with Crippen LogP contribution in [-0.4, -0.2) is 23.0 Å². The topological polar surface area (TPSA) is 24.9 Å². The van der Waals surface area contributed by atoms with E-state index in [0.717, 1.165) is 15.1 Å². The van der Waals surface area contributed by atoms with Crippen LogP contribution in [0.3, 0.4) is 0 Å². The van der Waals surface area contributed by atoms with Crippen LogP contribution >= 0.6 is 39.0 Å². The molecule has 17 heavy (non-hydrogen) atoms. The van der Waals surface area contributed by atoms with Gasteiger partial charge in [0.1, 0.15) is 0 Å². The summed E-state index contributed by atoms with van der Waals surface area (Å²) in [6, 6.07) is 6.67. The Bertz CT molecular complexity index is 498. The minimum absolute atomic E-state index is 0.478. The zero-order valence-electron chi connectivity index (χ0n) is 9.87. The van der Waals surface area contributed by atoms with E-state index in [1.807, 2.05) is 23.9 Å². The lowest BCUT2D eigenvalue weighted by Crippen LogP contribution is -2.15. The van der Waals surface area contributed by atoms with Crippen molar-refractivity contribution in [3.05, 3.63) is 22.7 Å². The van der Waals surface area contributed by atoms with Gasteiger partial charge in [-0.3, -0.25) is 0 Å².